The van der Waals surface area contributed by atoms with Crippen molar-refractivity contribution >= 4 is 10.0 Å². The first-order valence-electron chi connectivity index (χ1n) is 10.7. The second-order valence-electron chi connectivity index (χ2n) is 8.26. The molecule has 0 radical (unpaired) electrons. The molecular weight excluding hydrogens is 408 g/mol. The zero-order chi connectivity index (χ0) is 22.0. The maximum Gasteiger partial charge on any atom is 0.254 e. The Kier molecular flexibility index (Phi) is 6.12. The van der Waals surface area contributed by atoms with Crippen molar-refractivity contribution in [2.24, 2.45) is 0 Å². The second kappa shape index (κ2) is 8.81. The molecule has 1 N–H and O–H groups in total. The standard InChI is InChI=1S/C25H28N2O3S/c1-3-27-15-14-20-12-13-23(26-31(2,29)30)22(24(20)25(27)28)17-18-8-7-11-21(16-18)19-9-5-4-6-10-19/h4-11,14-16,22-23,26H,3,12-13,17H2,1-2H3. The molecule has 0 bridgehead atoms. The molecule has 1 aliphatic rings. The molecule has 6 heteroatoms. The maximum absolute atomic E-state index is 13.2. The van der Waals surface area contributed by atoms with Gasteiger partial charge in [-0.2, -0.15) is 0 Å². The number of sulfonamides is 1. The minimum atomic E-state index is -3.39. The van der Waals surface area contributed by atoms with Crippen LogP contribution in [0.4, 0.5) is 0 Å². The molecular formula is C25H28N2O3S. The quantitative estimate of drug-likeness (QED) is 0.640. The molecule has 0 amide bonds. The number of rotatable bonds is 6. The molecule has 0 spiro atoms. The fraction of sp³-hybridized carbons (Fsp3) is 0.320. The molecule has 0 aliphatic heterocycles. The van der Waals surface area contributed by atoms with Crippen molar-refractivity contribution < 1.29 is 8.42 Å². The number of hydrogen-bond acceptors (Lipinski definition) is 3. The zero-order valence-electron chi connectivity index (χ0n) is 17.9. The van der Waals surface area contributed by atoms with Gasteiger partial charge < -0.3 is 4.57 Å². The molecule has 0 saturated heterocycles. The molecule has 2 aromatic carbocycles. The van der Waals surface area contributed by atoms with Crippen molar-refractivity contribution in [2.75, 3.05) is 6.26 Å². The van der Waals surface area contributed by atoms with Crippen LogP contribution in [0.2, 0.25) is 0 Å². The fourth-order valence-electron chi connectivity index (χ4n) is 4.63. The van der Waals surface area contributed by atoms with Gasteiger partial charge >= 0.3 is 0 Å². The van der Waals surface area contributed by atoms with E-state index < -0.39 is 10.0 Å². The Labute approximate surface area is 183 Å². The molecule has 3 aromatic rings. The number of hydrogen-bond donors (Lipinski definition) is 1. The molecule has 5 nitrogen and oxygen atoms in total. The van der Waals surface area contributed by atoms with Gasteiger partial charge in [0, 0.05) is 30.3 Å². The van der Waals surface area contributed by atoms with E-state index in [4.69, 9.17) is 0 Å². The Bertz CT molecular complexity index is 1230. The number of aryl methyl sites for hydroxylation is 2. The van der Waals surface area contributed by atoms with Crippen molar-refractivity contribution in [1.82, 2.24) is 9.29 Å². The van der Waals surface area contributed by atoms with Gasteiger partial charge in [0.25, 0.3) is 5.56 Å². The highest BCUT2D eigenvalue weighted by Gasteiger charge is 2.34. The van der Waals surface area contributed by atoms with E-state index in [0.717, 1.165) is 27.8 Å². The smallest absolute Gasteiger partial charge is 0.254 e. The van der Waals surface area contributed by atoms with Crippen molar-refractivity contribution in [3.63, 3.8) is 0 Å². The lowest BCUT2D eigenvalue weighted by molar-refractivity contribution is 0.424. The summed E-state index contributed by atoms with van der Waals surface area (Å²) in [5.41, 5.74) is 5.11. The van der Waals surface area contributed by atoms with Crippen LogP contribution < -0.4 is 10.3 Å². The molecule has 31 heavy (non-hydrogen) atoms. The molecule has 162 valence electrons. The average Bonchev–Trinajstić information content (AvgIpc) is 2.75. The van der Waals surface area contributed by atoms with Crippen LogP contribution in [-0.2, 0) is 29.4 Å². The van der Waals surface area contributed by atoms with Gasteiger partial charge in [-0.15, -0.1) is 0 Å². The van der Waals surface area contributed by atoms with Crippen LogP contribution in [-0.4, -0.2) is 25.3 Å². The first-order chi connectivity index (χ1) is 14.9. The van der Waals surface area contributed by atoms with E-state index in [1.807, 2.05) is 43.5 Å². The number of nitrogens with zero attached hydrogens (tertiary/aromatic N) is 1. The van der Waals surface area contributed by atoms with Crippen LogP contribution >= 0.6 is 0 Å². The predicted octanol–water partition coefficient (Wildman–Crippen LogP) is 3.73. The molecule has 2 atom stereocenters. The molecule has 1 aromatic heterocycles. The van der Waals surface area contributed by atoms with Crippen molar-refractivity contribution in [1.29, 1.82) is 0 Å². The summed E-state index contributed by atoms with van der Waals surface area (Å²) < 4.78 is 28.6. The molecule has 2 unspecified atom stereocenters. The van der Waals surface area contributed by atoms with Gasteiger partial charge in [-0.05, 0) is 54.5 Å². The van der Waals surface area contributed by atoms with E-state index in [1.54, 1.807) is 4.57 Å². The van der Waals surface area contributed by atoms with E-state index >= 15 is 0 Å². The van der Waals surface area contributed by atoms with Crippen molar-refractivity contribution in [2.45, 2.75) is 44.7 Å². The van der Waals surface area contributed by atoms with Crippen molar-refractivity contribution in [3.05, 3.63) is 93.9 Å². The summed E-state index contributed by atoms with van der Waals surface area (Å²) in [5, 5.41) is 0. The summed E-state index contributed by atoms with van der Waals surface area (Å²) in [6, 6.07) is 20.2. The second-order valence-corrected chi connectivity index (χ2v) is 10.0. The molecule has 0 saturated carbocycles. The third-order valence-corrected chi connectivity index (χ3v) is 6.80. The summed E-state index contributed by atoms with van der Waals surface area (Å²) in [5.74, 6) is -0.212. The highest BCUT2D eigenvalue weighted by atomic mass is 32.2. The first kappa shape index (κ1) is 21.5. The number of fused-ring (bicyclic) bond motifs is 1. The van der Waals surface area contributed by atoms with Crippen LogP contribution in [0, 0.1) is 0 Å². The lowest BCUT2D eigenvalue weighted by Crippen LogP contribution is -2.45. The Morgan fingerprint density at radius 1 is 1.03 bits per heavy atom. The topological polar surface area (TPSA) is 68.2 Å². The molecule has 0 fully saturated rings. The molecule has 4 rings (SSSR count). The third-order valence-electron chi connectivity index (χ3n) is 6.07. The Morgan fingerprint density at radius 2 is 1.77 bits per heavy atom. The highest BCUT2D eigenvalue weighted by Crippen LogP contribution is 2.33. The number of benzene rings is 2. The summed E-state index contributed by atoms with van der Waals surface area (Å²) in [4.78, 5) is 13.2. The summed E-state index contributed by atoms with van der Waals surface area (Å²) in [6.45, 7) is 2.54. The van der Waals surface area contributed by atoms with Gasteiger partial charge in [0.1, 0.15) is 0 Å². The van der Waals surface area contributed by atoms with Gasteiger partial charge in [0.2, 0.25) is 10.0 Å². The van der Waals surface area contributed by atoms with E-state index in [1.165, 1.54) is 6.26 Å². The minimum Gasteiger partial charge on any atom is -0.316 e. The minimum absolute atomic E-state index is 0.00999. The number of nitrogens with one attached hydrogen (secondary N) is 1. The number of pyridine rings is 1. The molecule has 1 heterocycles. The normalized spacial score (nSPS) is 18.5. The van der Waals surface area contributed by atoms with Gasteiger partial charge in [-0.3, -0.25) is 4.79 Å². The largest absolute Gasteiger partial charge is 0.316 e. The molecule has 1 aliphatic carbocycles. The Balaban J connectivity index is 1.76. The lowest BCUT2D eigenvalue weighted by atomic mass is 9.77. The highest BCUT2D eigenvalue weighted by molar-refractivity contribution is 7.88. The monoisotopic (exact) mass is 436 g/mol. The van der Waals surface area contributed by atoms with Crippen LogP contribution in [0.1, 0.15) is 36.0 Å². The van der Waals surface area contributed by atoms with E-state index in [-0.39, 0.29) is 17.5 Å². The average molecular weight is 437 g/mol. The van der Waals surface area contributed by atoms with Crippen molar-refractivity contribution in [3.8, 4) is 11.1 Å². The first-order valence-corrected chi connectivity index (χ1v) is 12.6. The van der Waals surface area contributed by atoms with Gasteiger partial charge in [0.05, 0.1) is 6.26 Å². The summed E-state index contributed by atoms with van der Waals surface area (Å²) in [6.07, 6.45) is 5.01. The SMILES string of the molecule is CCn1ccc2c(c1=O)C(Cc1cccc(-c3ccccc3)c1)C(NS(C)(=O)=O)CC2. The van der Waals surface area contributed by atoms with Crippen LogP contribution in [0.15, 0.2) is 71.7 Å². The summed E-state index contributed by atoms with van der Waals surface area (Å²) >= 11 is 0. The van der Waals surface area contributed by atoms with Crippen LogP contribution in [0.25, 0.3) is 11.1 Å². The Hall–Kier alpha value is -2.70. The van der Waals surface area contributed by atoms with Gasteiger partial charge in [-0.25, -0.2) is 13.1 Å². The summed E-state index contributed by atoms with van der Waals surface area (Å²) in [7, 11) is -3.39. The van der Waals surface area contributed by atoms with Crippen LogP contribution in [0.3, 0.4) is 0 Å². The van der Waals surface area contributed by atoms with E-state index in [2.05, 4.69) is 35.1 Å². The van der Waals surface area contributed by atoms with E-state index in [9.17, 15) is 13.2 Å². The van der Waals surface area contributed by atoms with Gasteiger partial charge in [0.15, 0.2) is 0 Å². The predicted molar refractivity (Wildman–Crippen MR) is 125 cm³/mol. The zero-order valence-corrected chi connectivity index (χ0v) is 18.7. The van der Waals surface area contributed by atoms with Gasteiger partial charge in [-0.1, -0.05) is 54.6 Å². The lowest BCUT2D eigenvalue weighted by Gasteiger charge is -2.33. The van der Waals surface area contributed by atoms with Crippen LogP contribution in [0.5, 0.6) is 0 Å². The Morgan fingerprint density at radius 3 is 2.48 bits per heavy atom. The van der Waals surface area contributed by atoms with E-state index in [0.29, 0.717) is 25.8 Å². The maximum atomic E-state index is 13.2. The number of aromatic nitrogens is 1. The fourth-order valence-corrected chi connectivity index (χ4v) is 5.46. The third kappa shape index (κ3) is 4.81.